The number of thiocarbonyl (C=S) groups is 1. The van der Waals surface area contributed by atoms with Crippen molar-refractivity contribution in [1.82, 2.24) is 10.3 Å². The second-order valence-electron chi connectivity index (χ2n) is 7.46. The van der Waals surface area contributed by atoms with E-state index in [0.29, 0.717) is 40.6 Å². The number of halogens is 2. The molecule has 0 saturated carbocycles. The van der Waals surface area contributed by atoms with Gasteiger partial charge < -0.3 is 14.5 Å². The lowest BCUT2D eigenvalue weighted by Crippen LogP contribution is -2.34. The molecule has 34 heavy (non-hydrogen) atoms. The number of benzene rings is 3. The van der Waals surface area contributed by atoms with Crippen molar-refractivity contribution in [1.29, 1.82) is 0 Å². The summed E-state index contributed by atoms with van der Waals surface area (Å²) < 4.78 is 13.6. The van der Waals surface area contributed by atoms with Gasteiger partial charge in [-0.1, -0.05) is 19.4 Å². The predicted octanol–water partition coefficient (Wildman–Crippen LogP) is 7.17. The SMILES string of the molecule is CCCCOc1cccc(C(=O)NC(=S)Nc2ccc3oc(-c4cc(I)ccc4Br)nc3c2)c1. The Kier molecular flexibility index (Phi) is 8.17. The van der Waals surface area contributed by atoms with Crippen LogP contribution in [-0.4, -0.2) is 22.6 Å². The van der Waals surface area contributed by atoms with Crippen molar-refractivity contribution in [2.45, 2.75) is 19.8 Å². The van der Waals surface area contributed by atoms with Crippen molar-refractivity contribution in [3.05, 3.63) is 74.3 Å². The highest BCUT2D eigenvalue weighted by molar-refractivity contribution is 14.1. The Balaban J connectivity index is 1.43. The van der Waals surface area contributed by atoms with E-state index in [1.54, 1.807) is 18.2 Å². The minimum Gasteiger partial charge on any atom is -0.494 e. The van der Waals surface area contributed by atoms with E-state index in [9.17, 15) is 4.79 Å². The summed E-state index contributed by atoms with van der Waals surface area (Å²) in [6, 6.07) is 18.5. The number of anilines is 1. The molecule has 2 N–H and O–H groups in total. The van der Waals surface area contributed by atoms with Gasteiger partial charge in [-0.3, -0.25) is 10.1 Å². The molecule has 4 rings (SSSR count). The largest absolute Gasteiger partial charge is 0.494 e. The van der Waals surface area contributed by atoms with Crippen LogP contribution >= 0.6 is 50.7 Å². The van der Waals surface area contributed by atoms with Gasteiger partial charge in [0, 0.05) is 19.3 Å². The van der Waals surface area contributed by atoms with E-state index in [0.717, 1.165) is 26.4 Å². The van der Waals surface area contributed by atoms with Gasteiger partial charge in [0.1, 0.15) is 11.3 Å². The average molecular weight is 650 g/mol. The van der Waals surface area contributed by atoms with Crippen LogP contribution in [0.1, 0.15) is 30.1 Å². The van der Waals surface area contributed by atoms with Crippen molar-refractivity contribution in [3.63, 3.8) is 0 Å². The molecule has 174 valence electrons. The van der Waals surface area contributed by atoms with E-state index in [-0.39, 0.29) is 11.0 Å². The molecular weight excluding hydrogens is 629 g/mol. The predicted molar refractivity (Wildman–Crippen MR) is 150 cm³/mol. The van der Waals surface area contributed by atoms with Gasteiger partial charge in [-0.25, -0.2) is 4.98 Å². The molecule has 0 saturated heterocycles. The third-order valence-electron chi connectivity index (χ3n) is 4.89. The Bertz CT molecular complexity index is 1360. The molecule has 3 aromatic carbocycles. The van der Waals surface area contributed by atoms with E-state index in [2.05, 4.69) is 61.1 Å². The molecule has 0 radical (unpaired) electrons. The van der Waals surface area contributed by atoms with Crippen LogP contribution in [0.3, 0.4) is 0 Å². The number of oxazole rings is 1. The number of hydrogen-bond acceptors (Lipinski definition) is 5. The highest BCUT2D eigenvalue weighted by atomic mass is 127. The third kappa shape index (κ3) is 6.13. The van der Waals surface area contributed by atoms with E-state index < -0.39 is 0 Å². The van der Waals surface area contributed by atoms with Crippen LogP contribution in [0.15, 0.2) is 69.6 Å². The first-order valence-corrected chi connectivity index (χ1v) is 12.9. The van der Waals surface area contributed by atoms with Gasteiger partial charge >= 0.3 is 0 Å². The lowest BCUT2D eigenvalue weighted by molar-refractivity contribution is 0.0977. The first-order chi connectivity index (χ1) is 16.4. The summed E-state index contributed by atoms with van der Waals surface area (Å²) in [6.45, 7) is 2.72. The number of amides is 1. The number of nitrogens with one attached hydrogen (secondary N) is 2. The zero-order valence-electron chi connectivity index (χ0n) is 18.2. The monoisotopic (exact) mass is 649 g/mol. The molecular formula is C25H21BrIN3O3S. The van der Waals surface area contributed by atoms with Crippen LogP contribution < -0.4 is 15.4 Å². The molecule has 0 aliphatic heterocycles. The Labute approximate surface area is 224 Å². The van der Waals surface area contributed by atoms with Crippen LogP contribution in [0, 0.1) is 3.57 Å². The smallest absolute Gasteiger partial charge is 0.257 e. The van der Waals surface area contributed by atoms with Crippen molar-refractivity contribution < 1.29 is 13.9 Å². The Morgan fingerprint density at radius 2 is 2.03 bits per heavy atom. The van der Waals surface area contributed by atoms with E-state index in [1.807, 2.05) is 42.5 Å². The van der Waals surface area contributed by atoms with Crippen LogP contribution in [0.4, 0.5) is 5.69 Å². The molecule has 0 aliphatic rings. The second kappa shape index (κ2) is 11.3. The Morgan fingerprint density at radius 1 is 1.18 bits per heavy atom. The summed E-state index contributed by atoms with van der Waals surface area (Å²) >= 11 is 11.1. The van der Waals surface area contributed by atoms with Gasteiger partial charge in [-0.2, -0.15) is 0 Å². The van der Waals surface area contributed by atoms with Crippen molar-refractivity contribution >= 4 is 78.5 Å². The molecule has 1 heterocycles. The van der Waals surface area contributed by atoms with Gasteiger partial charge in [0.2, 0.25) is 5.89 Å². The number of nitrogens with zero attached hydrogens (tertiary/aromatic N) is 1. The maximum absolute atomic E-state index is 12.6. The van der Waals surface area contributed by atoms with E-state index in [1.165, 1.54) is 0 Å². The number of unbranched alkanes of at least 4 members (excludes halogenated alkanes) is 1. The van der Waals surface area contributed by atoms with Gasteiger partial charge in [0.15, 0.2) is 10.7 Å². The molecule has 0 unspecified atom stereocenters. The standard InChI is InChI=1S/C25H21BrIN3O3S/c1-2-3-11-32-18-6-4-5-15(12-18)23(31)30-25(34)28-17-8-10-22-21(14-17)29-24(33-22)19-13-16(27)7-9-20(19)26/h4-10,12-14H,2-3,11H2,1H3,(H2,28,30,31,34). The molecule has 4 aromatic rings. The molecule has 0 bridgehead atoms. The number of aromatic nitrogens is 1. The van der Waals surface area contributed by atoms with Gasteiger partial charge in [0.05, 0.1) is 12.2 Å². The number of rotatable bonds is 7. The van der Waals surface area contributed by atoms with Crippen LogP contribution in [0.2, 0.25) is 0 Å². The van der Waals surface area contributed by atoms with Crippen LogP contribution in [0.5, 0.6) is 5.75 Å². The Hall–Kier alpha value is -2.50. The van der Waals surface area contributed by atoms with Crippen LogP contribution in [-0.2, 0) is 0 Å². The van der Waals surface area contributed by atoms with Crippen molar-refractivity contribution in [2.75, 3.05) is 11.9 Å². The average Bonchev–Trinajstić information content (AvgIpc) is 3.24. The van der Waals surface area contributed by atoms with Gasteiger partial charge in [0.25, 0.3) is 5.91 Å². The summed E-state index contributed by atoms with van der Waals surface area (Å²) in [5, 5.41) is 5.93. The minimum atomic E-state index is -0.313. The van der Waals surface area contributed by atoms with Gasteiger partial charge in [-0.15, -0.1) is 0 Å². The molecule has 6 nitrogen and oxygen atoms in total. The number of fused-ring (bicyclic) bond motifs is 1. The first kappa shape index (κ1) is 24.6. The number of hydrogen-bond donors (Lipinski definition) is 2. The lowest BCUT2D eigenvalue weighted by Gasteiger charge is -2.10. The number of ether oxygens (including phenoxy) is 1. The van der Waals surface area contributed by atoms with Crippen molar-refractivity contribution in [2.24, 2.45) is 0 Å². The van der Waals surface area contributed by atoms with Crippen molar-refractivity contribution in [3.8, 4) is 17.2 Å². The summed E-state index contributed by atoms with van der Waals surface area (Å²) in [7, 11) is 0. The summed E-state index contributed by atoms with van der Waals surface area (Å²) in [6.07, 6.45) is 2.01. The summed E-state index contributed by atoms with van der Waals surface area (Å²) in [4.78, 5) is 17.3. The van der Waals surface area contributed by atoms with E-state index >= 15 is 0 Å². The fourth-order valence-electron chi connectivity index (χ4n) is 3.18. The van der Waals surface area contributed by atoms with Crippen LogP contribution in [0.25, 0.3) is 22.6 Å². The summed E-state index contributed by atoms with van der Waals surface area (Å²) in [5.74, 6) is 0.869. The Morgan fingerprint density at radius 3 is 2.85 bits per heavy atom. The maximum Gasteiger partial charge on any atom is 0.257 e. The maximum atomic E-state index is 12.6. The highest BCUT2D eigenvalue weighted by Gasteiger charge is 2.14. The molecule has 0 spiro atoms. The number of carbonyl (C=O) groups excluding carboxylic acids is 1. The fourth-order valence-corrected chi connectivity index (χ4v) is 4.30. The van der Waals surface area contributed by atoms with E-state index in [4.69, 9.17) is 21.4 Å². The molecule has 0 atom stereocenters. The molecule has 1 aromatic heterocycles. The minimum absolute atomic E-state index is 0.186. The zero-order valence-corrected chi connectivity index (χ0v) is 22.8. The molecule has 9 heteroatoms. The first-order valence-electron chi connectivity index (χ1n) is 10.6. The fraction of sp³-hybridized carbons (Fsp3) is 0.160. The lowest BCUT2D eigenvalue weighted by atomic mass is 10.2. The van der Waals surface area contributed by atoms with Gasteiger partial charge in [-0.05, 0) is 112 Å². The molecule has 0 fully saturated rings. The second-order valence-corrected chi connectivity index (χ2v) is 9.97. The molecule has 1 amide bonds. The summed E-state index contributed by atoms with van der Waals surface area (Å²) in [5.41, 5.74) is 3.37. The third-order valence-corrected chi connectivity index (χ3v) is 6.46. The molecule has 0 aliphatic carbocycles. The number of carbonyl (C=O) groups is 1. The quantitative estimate of drug-likeness (QED) is 0.126. The highest BCUT2D eigenvalue weighted by Crippen LogP contribution is 2.32. The normalized spacial score (nSPS) is 10.8. The zero-order chi connectivity index (χ0) is 24.1. The topological polar surface area (TPSA) is 76.4 Å².